The zero-order chi connectivity index (χ0) is 27.6. The van der Waals surface area contributed by atoms with Crippen LogP contribution in [0.3, 0.4) is 0 Å². The molecule has 0 fully saturated rings. The van der Waals surface area contributed by atoms with E-state index >= 15 is 0 Å². The molecule has 3 aromatic rings. The molecule has 7 nitrogen and oxygen atoms in total. The predicted octanol–water partition coefficient (Wildman–Crippen LogP) is 5.03. The monoisotopic (exact) mass is 532 g/mol. The number of anilines is 1. The van der Waals surface area contributed by atoms with Crippen molar-refractivity contribution in [3.8, 4) is 5.75 Å². The maximum absolute atomic E-state index is 14.5. The SMILES string of the molecule is CC(C)CN1CCCN(C(=O)COc2ccccc2)Cc2cc(F)ccc2N(C(=O)c2cccnc2)CCC1. The van der Waals surface area contributed by atoms with Gasteiger partial charge >= 0.3 is 0 Å². The standard InChI is InChI=1S/C31H37FN4O3/c1-24(2)21-34-15-7-17-35(30(37)23-39-28-10-4-3-5-11-28)22-26-19-27(32)12-13-29(26)36(18-8-16-34)31(38)25-9-6-14-33-20-25/h3-6,9-14,19-20,24H,7-8,15-18,21-23H2,1-2H3. The average molecular weight is 533 g/mol. The van der Waals surface area contributed by atoms with Crippen LogP contribution in [0.2, 0.25) is 0 Å². The molecule has 1 aliphatic heterocycles. The zero-order valence-corrected chi connectivity index (χ0v) is 22.8. The van der Waals surface area contributed by atoms with Crippen molar-refractivity contribution in [3.05, 3.63) is 90.0 Å². The van der Waals surface area contributed by atoms with Gasteiger partial charge in [-0.1, -0.05) is 32.0 Å². The highest BCUT2D eigenvalue weighted by molar-refractivity contribution is 6.06. The Balaban J connectivity index is 1.65. The Morgan fingerprint density at radius 2 is 1.74 bits per heavy atom. The fraction of sp³-hybridized carbons (Fsp3) is 0.387. The zero-order valence-electron chi connectivity index (χ0n) is 22.8. The van der Waals surface area contributed by atoms with Gasteiger partial charge < -0.3 is 19.4 Å². The summed E-state index contributed by atoms with van der Waals surface area (Å²) in [5, 5.41) is 0. The summed E-state index contributed by atoms with van der Waals surface area (Å²) in [5.74, 6) is 0.306. The molecule has 0 bridgehead atoms. The first kappa shape index (κ1) is 28.2. The first-order chi connectivity index (χ1) is 18.9. The van der Waals surface area contributed by atoms with Gasteiger partial charge in [-0.2, -0.15) is 0 Å². The summed E-state index contributed by atoms with van der Waals surface area (Å²) in [5.41, 5.74) is 1.64. The number of halogens is 1. The molecule has 0 atom stereocenters. The van der Waals surface area contributed by atoms with Gasteiger partial charge in [0.1, 0.15) is 11.6 Å². The minimum Gasteiger partial charge on any atom is -0.484 e. The van der Waals surface area contributed by atoms with Crippen LogP contribution in [-0.2, 0) is 11.3 Å². The quantitative estimate of drug-likeness (QED) is 0.446. The van der Waals surface area contributed by atoms with Crippen molar-refractivity contribution in [2.75, 3.05) is 44.2 Å². The van der Waals surface area contributed by atoms with Crippen LogP contribution in [-0.4, -0.2) is 65.9 Å². The third-order valence-electron chi connectivity index (χ3n) is 6.69. The van der Waals surface area contributed by atoms with E-state index in [2.05, 4.69) is 23.7 Å². The highest BCUT2D eigenvalue weighted by Crippen LogP contribution is 2.26. The Labute approximate surface area is 230 Å². The first-order valence-corrected chi connectivity index (χ1v) is 13.6. The van der Waals surface area contributed by atoms with Crippen LogP contribution < -0.4 is 9.64 Å². The van der Waals surface area contributed by atoms with E-state index in [0.29, 0.717) is 41.6 Å². The molecule has 8 heteroatoms. The molecule has 206 valence electrons. The highest BCUT2D eigenvalue weighted by Gasteiger charge is 2.25. The lowest BCUT2D eigenvalue weighted by Crippen LogP contribution is -2.40. The lowest BCUT2D eigenvalue weighted by Gasteiger charge is -2.32. The highest BCUT2D eigenvalue weighted by atomic mass is 19.1. The van der Waals surface area contributed by atoms with Crippen LogP contribution in [0.5, 0.6) is 5.75 Å². The van der Waals surface area contributed by atoms with Crippen LogP contribution in [0.15, 0.2) is 73.1 Å². The van der Waals surface area contributed by atoms with Crippen molar-refractivity contribution in [3.63, 3.8) is 0 Å². The number of fused-ring (bicyclic) bond motifs is 1. The van der Waals surface area contributed by atoms with Crippen LogP contribution in [0, 0.1) is 11.7 Å². The van der Waals surface area contributed by atoms with Gasteiger partial charge in [-0.05, 0) is 79.9 Å². The molecule has 0 unspecified atom stereocenters. The number of benzene rings is 2. The molecule has 0 saturated heterocycles. The summed E-state index contributed by atoms with van der Waals surface area (Å²) in [6.45, 7) is 7.97. The van der Waals surface area contributed by atoms with Crippen molar-refractivity contribution in [2.24, 2.45) is 5.92 Å². The second kappa shape index (κ2) is 13.8. The molecule has 1 aliphatic rings. The maximum atomic E-state index is 14.5. The summed E-state index contributed by atoms with van der Waals surface area (Å²) >= 11 is 0. The minimum absolute atomic E-state index is 0.122. The minimum atomic E-state index is -0.411. The number of carbonyl (C=O) groups excluding carboxylic acids is 2. The number of para-hydroxylation sites is 1. The number of ether oxygens (including phenoxy) is 1. The van der Waals surface area contributed by atoms with Crippen LogP contribution in [0.25, 0.3) is 0 Å². The van der Waals surface area contributed by atoms with E-state index < -0.39 is 5.82 Å². The molecule has 0 spiro atoms. The second-order valence-electron chi connectivity index (χ2n) is 10.3. The van der Waals surface area contributed by atoms with E-state index in [1.54, 1.807) is 52.5 Å². The topological polar surface area (TPSA) is 66.0 Å². The largest absolute Gasteiger partial charge is 0.484 e. The molecule has 0 aliphatic carbocycles. The molecule has 2 amide bonds. The van der Waals surface area contributed by atoms with E-state index in [0.717, 1.165) is 32.5 Å². The number of rotatable bonds is 6. The number of hydrogen-bond donors (Lipinski definition) is 0. The van der Waals surface area contributed by atoms with Crippen LogP contribution in [0.1, 0.15) is 42.6 Å². The lowest BCUT2D eigenvalue weighted by atomic mass is 10.1. The Morgan fingerprint density at radius 1 is 0.974 bits per heavy atom. The molecule has 0 saturated carbocycles. The molecule has 0 N–H and O–H groups in total. The lowest BCUT2D eigenvalue weighted by molar-refractivity contribution is -0.134. The summed E-state index contributed by atoms with van der Waals surface area (Å²) in [6, 6.07) is 17.1. The number of nitrogens with zero attached hydrogens (tertiary/aromatic N) is 4. The normalized spacial score (nSPS) is 15.3. The number of hydrogen-bond acceptors (Lipinski definition) is 5. The summed E-state index contributed by atoms with van der Waals surface area (Å²) in [7, 11) is 0. The third kappa shape index (κ3) is 8.10. The fourth-order valence-corrected chi connectivity index (χ4v) is 4.92. The van der Waals surface area contributed by atoms with Gasteiger partial charge in [0, 0.05) is 44.3 Å². The molecular formula is C31H37FN4O3. The van der Waals surface area contributed by atoms with Gasteiger partial charge in [-0.15, -0.1) is 0 Å². The van der Waals surface area contributed by atoms with Crippen molar-refractivity contribution in [1.29, 1.82) is 0 Å². The molecule has 4 rings (SSSR count). The van der Waals surface area contributed by atoms with Crippen molar-refractivity contribution >= 4 is 17.5 Å². The Morgan fingerprint density at radius 3 is 2.46 bits per heavy atom. The van der Waals surface area contributed by atoms with Crippen molar-refractivity contribution in [2.45, 2.75) is 33.2 Å². The molecule has 1 aromatic heterocycles. The summed E-state index contributed by atoms with van der Waals surface area (Å²) < 4.78 is 20.3. The van der Waals surface area contributed by atoms with E-state index in [9.17, 15) is 14.0 Å². The average Bonchev–Trinajstić information content (AvgIpc) is 2.93. The molecule has 39 heavy (non-hydrogen) atoms. The Kier molecular flexibility index (Phi) is 10.0. The van der Waals surface area contributed by atoms with Crippen molar-refractivity contribution < 1.29 is 18.7 Å². The van der Waals surface area contributed by atoms with E-state index in [1.807, 2.05) is 18.2 Å². The van der Waals surface area contributed by atoms with E-state index in [1.165, 1.54) is 12.1 Å². The van der Waals surface area contributed by atoms with Crippen LogP contribution >= 0.6 is 0 Å². The summed E-state index contributed by atoms with van der Waals surface area (Å²) in [6.07, 6.45) is 4.72. The smallest absolute Gasteiger partial charge is 0.260 e. The predicted molar refractivity (Wildman–Crippen MR) is 150 cm³/mol. The molecule has 2 aromatic carbocycles. The van der Waals surface area contributed by atoms with E-state index in [-0.39, 0.29) is 25.0 Å². The van der Waals surface area contributed by atoms with Crippen LogP contribution in [0.4, 0.5) is 10.1 Å². The second-order valence-corrected chi connectivity index (χ2v) is 10.3. The number of pyridine rings is 1. The number of aromatic nitrogens is 1. The molecular weight excluding hydrogens is 495 g/mol. The fourth-order valence-electron chi connectivity index (χ4n) is 4.92. The maximum Gasteiger partial charge on any atom is 0.260 e. The summed E-state index contributed by atoms with van der Waals surface area (Å²) in [4.78, 5) is 37.0. The molecule has 0 radical (unpaired) electrons. The van der Waals surface area contributed by atoms with Gasteiger partial charge in [0.05, 0.1) is 5.56 Å². The van der Waals surface area contributed by atoms with Gasteiger partial charge in [-0.3, -0.25) is 14.6 Å². The van der Waals surface area contributed by atoms with Gasteiger partial charge in [0.25, 0.3) is 11.8 Å². The number of amides is 2. The number of carbonyl (C=O) groups is 2. The van der Waals surface area contributed by atoms with Gasteiger partial charge in [0.15, 0.2) is 6.61 Å². The van der Waals surface area contributed by atoms with Gasteiger partial charge in [-0.25, -0.2) is 4.39 Å². The van der Waals surface area contributed by atoms with Gasteiger partial charge in [0.2, 0.25) is 0 Å². The first-order valence-electron chi connectivity index (χ1n) is 13.6. The molecule has 2 heterocycles. The Bertz CT molecular complexity index is 1220. The third-order valence-corrected chi connectivity index (χ3v) is 6.69. The van der Waals surface area contributed by atoms with E-state index in [4.69, 9.17) is 4.74 Å². The van der Waals surface area contributed by atoms with Crippen molar-refractivity contribution in [1.82, 2.24) is 14.8 Å². The Hall–Kier alpha value is -3.78.